The van der Waals surface area contributed by atoms with Gasteiger partial charge in [0.1, 0.15) is 5.56 Å². The predicted molar refractivity (Wildman–Crippen MR) is 98.7 cm³/mol. The summed E-state index contributed by atoms with van der Waals surface area (Å²) in [6.45, 7) is 2.10. The van der Waals surface area contributed by atoms with Crippen LogP contribution in [0.5, 0.6) is 0 Å². The first-order valence-corrected chi connectivity index (χ1v) is 8.58. The second kappa shape index (κ2) is 5.60. The standard InChI is InChI=1S/C19H15BrN2O2/c1-11-9-12-5-4-6-13-17(12)22(11)10-14(18(13)23)19(24)21-16-8-3-2-7-15(16)20/h2-8,10-11H,9H2,1H3,(H,21,24)/t11-/m0/s1. The van der Waals surface area contributed by atoms with E-state index in [1.807, 2.05) is 34.9 Å². The van der Waals surface area contributed by atoms with E-state index in [-0.39, 0.29) is 22.9 Å². The van der Waals surface area contributed by atoms with Crippen LogP contribution in [0.25, 0.3) is 10.9 Å². The Hall–Kier alpha value is -2.40. The molecule has 1 N–H and O–H groups in total. The number of rotatable bonds is 2. The first-order chi connectivity index (χ1) is 11.6. The molecule has 1 aliphatic heterocycles. The summed E-state index contributed by atoms with van der Waals surface area (Å²) in [4.78, 5) is 25.5. The molecule has 120 valence electrons. The summed E-state index contributed by atoms with van der Waals surface area (Å²) in [5.74, 6) is -0.387. The number of benzene rings is 2. The molecule has 0 aliphatic carbocycles. The molecule has 1 aromatic heterocycles. The highest BCUT2D eigenvalue weighted by Gasteiger charge is 2.24. The molecule has 1 atom stereocenters. The normalized spacial score (nSPS) is 15.7. The van der Waals surface area contributed by atoms with Gasteiger partial charge in [0.05, 0.1) is 11.2 Å². The minimum Gasteiger partial charge on any atom is -0.343 e. The summed E-state index contributed by atoms with van der Waals surface area (Å²) < 4.78 is 2.82. The van der Waals surface area contributed by atoms with Crippen LogP contribution in [0, 0.1) is 0 Å². The van der Waals surface area contributed by atoms with Crippen LogP contribution in [-0.2, 0) is 6.42 Å². The molecule has 0 unspecified atom stereocenters. The highest BCUT2D eigenvalue weighted by atomic mass is 79.9. The number of para-hydroxylation sites is 2. The zero-order valence-corrected chi connectivity index (χ0v) is 14.6. The molecule has 1 amide bonds. The number of nitrogens with zero attached hydrogens (tertiary/aromatic N) is 1. The summed E-state index contributed by atoms with van der Waals surface area (Å²) in [6.07, 6.45) is 2.57. The Bertz CT molecular complexity index is 1040. The second-order valence-corrected chi connectivity index (χ2v) is 6.93. The fraction of sp³-hybridized carbons (Fsp3) is 0.158. The first-order valence-electron chi connectivity index (χ1n) is 7.79. The molecule has 0 bridgehead atoms. The summed E-state index contributed by atoms with van der Waals surface area (Å²) >= 11 is 3.40. The van der Waals surface area contributed by atoms with Gasteiger partial charge in [-0.05, 0) is 53.0 Å². The third-order valence-electron chi connectivity index (χ3n) is 4.49. The van der Waals surface area contributed by atoms with Crippen LogP contribution < -0.4 is 10.7 Å². The van der Waals surface area contributed by atoms with E-state index in [9.17, 15) is 9.59 Å². The van der Waals surface area contributed by atoms with Gasteiger partial charge in [0, 0.05) is 22.1 Å². The average molecular weight is 383 g/mol. The zero-order valence-electron chi connectivity index (χ0n) is 13.0. The monoisotopic (exact) mass is 382 g/mol. The van der Waals surface area contributed by atoms with Crippen molar-refractivity contribution in [2.45, 2.75) is 19.4 Å². The van der Waals surface area contributed by atoms with Crippen molar-refractivity contribution in [3.8, 4) is 0 Å². The molecular formula is C19H15BrN2O2. The van der Waals surface area contributed by atoms with Crippen molar-refractivity contribution in [3.63, 3.8) is 0 Å². The fourth-order valence-corrected chi connectivity index (χ4v) is 3.71. The number of amides is 1. The Balaban J connectivity index is 1.84. The van der Waals surface area contributed by atoms with Gasteiger partial charge in [-0.15, -0.1) is 0 Å². The van der Waals surface area contributed by atoms with Crippen molar-refractivity contribution >= 4 is 38.4 Å². The van der Waals surface area contributed by atoms with E-state index >= 15 is 0 Å². The summed E-state index contributed by atoms with van der Waals surface area (Å²) in [7, 11) is 0. The number of nitrogens with one attached hydrogen (secondary N) is 1. The van der Waals surface area contributed by atoms with Gasteiger partial charge < -0.3 is 9.88 Å². The van der Waals surface area contributed by atoms with E-state index in [0.29, 0.717) is 11.1 Å². The van der Waals surface area contributed by atoms with E-state index in [1.165, 1.54) is 0 Å². The van der Waals surface area contributed by atoms with Gasteiger partial charge in [-0.2, -0.15) is 0 Å². The number of carbonyl (C=O) groups is 1. The molecule has 3 aromatic rings. The quantitative estimate of drug-likeness (QED) is 0.724. The van der Waals surface area contributed by atoms with Crippen molar-refractivity contribution in [2.24, 2.45) is 0 Å². The highest BCUT2D eigenvalue weighted by Crippen LogP contribution is 2.31. The van der Waals surface area contributed by atoms with E-state index < -0.39 is 0 Å². The maximum Gasteiger partial charge on any atom is 0.261 e. The molecule has 4 nitrogen and oxygen atoms in total. The molecular weight excluding hydrogens is 368 g/mol. The van der Waals surface area contributed by atoms with Gasteiger partial charge in [0.25, 0.3) is 5.91 Å². The number of hydrogen-bond acceptors (Lipinski definition) is 2. The topological polar surface area (TPSA) is 51.1 Å². The smallest absolute Gasteiger partial charge is 0.261 e. The largest absolute Gasteiger partial charge is 0.343 e. The number of aromatic nitrogens is 1. The Labute approximate surface area is 147 Å². The van der Waals surface area contributed by atoms with Crippen LogP contribution in [0.4, 0.5) is 5.69 Å². The lowest BCUT2D eigenvalue weighted by molar-refractivity contribution is 0.102. The molecule has 2 aromatic carbocycles. The van der Waals surface area contributed by atoms with E-state index in [0.717, 1.165) is 22.0 Å². The van der Waals surface area contributed by atoms with E-state index in [4.69, 9.17) is 0 Å². The van der Waals surface area contributed by atoms with Crippen molar-refractivity contribution < 1.29 is 4.79 Å². The molecule has 1 aliphatic rings. The second-order valence-electron chi connectivity index (χ2n) is 6.08. The van der Waals surface area contributed by atoms with Crippen LogP contribution in [0.2, 0.25) is 0 Å². The molecule has 0 radical (unpaired) electrons. The van der Waals surface area contributed by atoms with E-state index in [1.54, 1.807) is 18.3 Å². The molecule has 2 heterocycles. The van der Waals surface area contributed by atoms with Crippen LogP contribution in [0.15, 0.2) is 57.9 Å². The first kappa shape index (κ1) is 15.1. The van der Waals surface area contributed by atoms with Gasteiger partial charge in [0.15, 0.2) is 0 Å². The summed E-state index contributed by atoms with van der Waals surface area (Å²) in [5, 5.41) is 3.42. The van der Waals surface area contributed by atoms with Gasteiger partial charge in [-0.1, -0.05) is 24.3 Å². The van der Waals surface area contributed by atoms with Crippen LogP contribution in [0.1, 0.15) is 28.9 Å². The maximum atomic E-state index is 12.8. The number of halogens is 1. The number of carbonyl (C=O) groups excluding carboxylic acids is 1. The van der Waals surface area contributed by atoms with Crippen molar-refractivity contribution in [2.75, 3.05) is 5.32 Å². The Morgan fingerprint density at radius 3 is 2.79 bits per heavy atom. The van der Waals surface area contributed by atoms with E-state index in [2.05, 4.69) is 28.2 Å². The summed E-state index contributed by atoms with van der Waals surface area (Å²) in [6, 6.07) is 13.3. The Morgan fingerprint density at radius 1 is 1.21 bits per heavy atom. The molecule has 24 heavy (non-hydrogen) atoms. The number of anilines is 1. The summed E-state index contributed by atoms with van der Waals surface area (Å²) in [5.41, 5.74) is 2.71. The average Bonchev–Trinajstić information content (AvgIpc) is 2.89. The van der Waals surface area contributed by atoms with Gasteiger partial charge >= 0.3 is 0 Å². The maximum absolute atomic E-state index is 12.8. The van der Waals surface area contributed by atoms with Gasteiger partial charge in [-0.3, -0.25) is 9.59 Å². The SMILES string of the molecule is C[C@H]1Cc2cccc3c(=O)c(C(=O)Nc4ccccc4Br)cn1c23. The molecule has 0 saturated heterocycles. The molecule has 5 heteroatoms. The molecule has 0 saturated carbocycles. The van der Waals surface area contributed by atoms with Crippen LogP contribution >= 0.6 is 15.9 Å². The van der Waals surface area contributed by atoms with Crippen LogP contribution in [0.3, 0.4) is 0 Å². The molecule has 4 rings (SSSR count). The third-order valence-corrected chi connectivity index (χ3v) is 5.18. The predicted octanol–water partition coefficient (Wildman–Crippen LogP) is 4.13. The molecule has 0 spiro atoms. The lowest BCUT2D eigenvalue weighted by Crippen LogP contribution is -2.23. The Kier molecular flexibility index (Phi) is 3.53. The van der Waals surface area contributed by atoms with Crippen molar-refractivity contribution in [1.29, 1.82) is 0 Å². The fourth-order valence-electron chi connectivity index (χ4n) is 3.33. The van der Waals surface area contributed by atoms with Crippen LogP contribution in [-0.4, -0.2) is 10.5 Å². The number of hydrogen-bond donors (Lipinski definition) is 1. The Morgan fingerprint density at radius 2 is 2.00 bits per heavy atom. The lowest BCUT2D eigenvalue weighted by Gasteiger charge is -2.13. The van der Waals surface area contributed by atoms with Gasteiger partial charge in [-0.25, -0.2) is 0 Å². The minimum atomic E-state index is -0.387. The van der Waals surface area contributed by atoms with Crippen molar-refractivity contribution in [1.82, 2.24) is 4.57 Å². The lowest BCUT2D eigenvalue weighted by atomic mass is 10.1. The zero-order chi connectivity index (χ0) is 16.8. The number of pyridine rings is 1. The third kappa shape index (κ3) is 2.27. The van der Waals surface area contributed by atoms with Crippen molar-refractivity contribution in [3.05, 3.63) is 74.5 Å². The molecule has 0 fully saturated rings. The van der Waals surface area contributed by atoms with Gasteiger partial charge in [0.2, 0.25) is 5.43 Å². The minimum absolute atomic E-state index is 0.171. The highest BCUT2D eigenvalue weighted by molar-refractivity contribution is 9.10.